The highest BCUT2D eigenvalue weighted by atomic mass is 16.5. The van der Waals surface area contributed by atoms with E-state index in [0.29, 0.717) is 13.0 Å². The second-order valence-corrected chi connectivity index (χ2v) is 3.46. The summed E-state index contributed by atoms with van der Waals surface area (Å²) in [6.07, 6.45) is 0.661. The van der Waals surface area contributed by atoms with Crippen LogP contribution in [0.15, 0.2) is 30.3 Å². The maximum Gasteiger partial charge on any atom is 0.328 e. The van der Waals surface area contributed by atoms with E-state index in [9.17, 15) is 9.59 Å². The summed E-state index contributed by atoms with van der Waals surface area (Å²) in [5, 5.41) is 0. The Morgan fingerprint density at radius 1 is 1.44 bits per heavy atom. The zero-order valence-corrected chi connectivity index (χ0v) is 9.42. The predicted octanol–water partition coefficient (Wildman–Crippen LogP) is 1.21. The summed E-state index contributed by atoms with van der Waals surface area (Å²) in [7, 11) is 1.31. The minimum atomic E-state index is -0.567. The van der Waals surface area contributed by atoms with Gasteiger partial charge in [-0.1, -0.05) is 30.3 Å². The molecule has 1 aromatic rings. The molecule has 0 aliphatic rings. The fourth-order valence-electron chi connectivity index (χ4n) is 1.37. The van der Waals surface area contributed by atoms with E-state index in [1.807, 2.05) is 30.3 Å². The van der Waals surface area contributed by atoms with E-state index >= 15 is 0 Å². The number of amides is 1. The summed E-state index contributed by atoms with van der Waals surface area (Å²) in [4.78, 5) is 23.6. The average Bonchev–Trinajstić information content (AvgIpc) is 2.35. The van der Waals surface area contributed by atoms with Crippen molar-refractivity contribution in [2.45, 2.75) is 19.5 Å². The second-order valence-electron chi connectivity index (χ2n) is 3.46. The Bertz CT molecular complexity index is 351. The molecule has 0 heterocycles. The van der Waals surface area contributed by atoms with Crippen molar-refractivity contribution < 1.29 is 14.3 Å². The fraction of sp³-hybridized carbons (Fsp3) is 0.333. The van der Waals surface area contributed by atoms with Crippen molar-refractivity contribution in [1.29, 1.82) is 0 Å². The predicted molar refractivity (Wildman–Crippen MR) is 59.5 cm³/mol. The monoisotopic (exact) mass is 221 g/mol. The number of hydrogen-bond donors (Lipinski definition) is 0. The van der Waals surface area contributed by atoms with Crippen molar-refractivity contribution in [3.63, 3.8) is 0 Å². The van der Waals surface area contributed by atoms with Gasteiger partial charge in [0.05, 0.1) is 7.11 Å². The normalized spacial score (nSPS) is 11.6. The molecule has 86 valence electrons. The van der Waals surface area contributed by atoms with Gasteiger partial charge in [-0.3, -0.25) is 4.79 Å². The van der Waals surface area contributed by atoms with Gasteiger partial charge in [0.2, 0.25) is 6.41 Å². The molecule has 0 spiro atoms. The highest BCUT2D eigenvalue weighted by Crippen LogP contribution is 2.07. The van der Waals surface area contributed by atoms with Crippen LogP contribution in [0.4, 0.5) is 0 Å². The molecule has 1 aromatic carbocycles. The number of benzene rings is 1. The van der Waals surface area contributed by atoms with Gasteiger partial charge in [-0.05, 0) is 12.5 Å². The molecule has 0 aliphatic heterocycles. The lowest BCUT2D eigenvalue weighted by Gasteiger charge is -2.22. The minimum absolute atomic E-state index is 0.403. The van der Waals surface area contributed by atoms with Gasteiger partial charge in [0.1, 0.15) is 6.04 Å². The summed E-state index contributed by atoms with van der Waals surface area (Å²) in [5.41, 5.74) is 0.977. The van der Waals surface area contributed by atoms with E-state index in [-0.39, 0.29) is 0 Å². The number of esters is 1. The highest BCUT2D eigenvalue weighted by molar-refractivity contribution is 5.77. The van der Waals surface area contributed by atoms with Crippen LogP contribution in [0.1, 0.15) is 12.5 Å². The van der Waals surface area contributed by atoms with Gasteiger partial charge in [0.15, 0.2) is 0 Å². The molecular weight excluding hydrogens is 206 g/mol. The van der Waals surface area contributed by atoms with Gasteiger partial charge in [0, 0.05) is 6.54 Å². The summed E-state index contributed by atoms with van der Waals surface area (Å²) in [6, 6.07) is 8.92. The lowest BCUT2D eigenvalue weighted by molar-refractivity contribution is -0.149. The Morgan fingerprint density at radius 3 is 2.56 bits per heavy atom. The standard InChI is InChI=1S/C12H15NO3/c1-10(12(15)16-2)13(9-14)8-11-6-4-3-5-7-11/h3-7,9-10H,8H2,1-2H3. The number of ether oxygens (including phenoxy) is 1. The van der Waals surface area contributed by atoms with Crippen molar-refractivity contribution in [3.05, 3.63) is 35.9 Å². The number of hydrogen-bond acceptors (Lipinski definition) is 3. The van der Waals surface area contributed by atoms with Crippen LogP contribution in [0.2, 0.25) is 0 Å². The fourth-order valence-corrected chi connectivity index (χ4v) is 1.37. The molecule has 1 amide bonds. The first-order valence-corrected chi connectivity index (χ1v) is 5.02. The topological polar surface area (TPSA) is 46.6 Å². The first-order chi connectivity index (χ1) is 7.69. The Labute approximate surface area is 94.8 Å². The zero-order valence-electron chi connectivity index (χ0n) is 9.42. The van der Waals surface area contributed by atoms with E-state index in [1.54, 1.807) is 6.92 Å². The summed E-state index contributed by atoms with van der Waals surface area (Å²) in [5.74, 6) is -0.414. The quantitative estimate of drug-likeness (QED) is 0.554. The smallest absolute Gasteiger partial charge is 0.328 e. The molecule has 4 heteroatoms. The molecule has 0 aliphatic carbocycles. The first kappa shape index (κ1) is 12.2. The van der Waals surface area contributed by atoms with Gasteiger partial charge in [-0.15, -0.1) is 0 Å². The van der Waals surface area contributed by atoms with Gasteiger partial charge < -0.3 is 9.64 Å². The van der Waals surface area contributed by atoms with Crippen LogP contribution in [0.25, 0.3) is 0 Å². The number of carbonyl (C=O) groups excluding carboxylic acids is 2. The summed E-state index contributed by atoms with van der Waals surface area (Å²) in [6.45, 7) is 2.05. The van der Waals surface area contributed by atoms with E-state index in [0.717, 1.165) is 5.56 Å². The third-order valence-electron chi connectivity index (χ3n) is 2.38. The van der Waals surface area contributed by atoms with E-state index < -0.39 is 12.0 Å². The highest BCUT2D eigenvalue weighted by Gasteiger charge is 2.20. The molecular formula is C12H15NO3. The van der Waals surface area contributed by atoms with Gasteiger partial charge in [-0.25, -0.2) is 4.79 Å². The molecule has 0 saturated carbocycles. The van der Waals surface area contributed by atoms with Gasteiger partial charge in [0.25, 0.3) is 0 Å². The maximum absolute atomic E-state index is 11.3. The van der Waals surface area contributed by atoms with Crippen molar-refractivity contribution in [1.82, 2.24) is 4.90 Å². The number of methoxy groups -OCH3 is 1. The molecule has 1 unspecified atom stereocenters. The summed E-state index contributed by atoms with van der Waals surface area (Å²) < 4.78 is 4.59. The van der Waals surface area contributed by atoms with Crippen LogP contribution >= 0.6 is 0 Å². The molecule has 0 bridgehead atoms. The third kappa shape index (κ3) is 3.08. The van der Waals surface area contributed by atoms with Crippen LogP contribution in [-0.4, -0.2) is 30.4 Å². The van der Waals surface area contributed by atoms with E-state index in [4.69, 9.17) is 0 Å². The Balaban J connectivity index is 2.69. The number of nitrogens with zero attached hydrogens (tertiary/aromatic N) is 1. The molecule has 0 saturated heterocycles. The molecule has 0 fully saturated rings. The molecule has 0 N–H and O–H groups in total. The van der Waals surface area contributed by atoms with Crippen molar-refractivity contribution >= 4 is 12.4 Å². The summed E-state index contributed by atoms with van der Waals surface area (Å²) >= 11 is 0. The Morgan fingerprint density at radius 2 is 2.06 bits per heavy atom. The van der Waals surface area contributed by atoms with E-state index in [2.05, 4.69) is 4.74 Å². The zero-order chi connectivity index (χ0) is 12.0. The number of rotatable bonds is 5. The Kier molecular flexibility index (Phi) is 4.51. The number of carbonyl (C=O) groups is 2. The van der Waals surface area contributed by atoms with Crippen molar-refractivity contribution in [3.8, 4) is 0 Å². The van der Waals surface area contributed by atoms with Crippen molar-refractivity contribution in [2.24, 2.45) is 0 Å². The van der Waals surface area contributed by atoms with Crippen LogP contribution in [-0.2, 0) is 20.9 Å². The molecule has 1 atom stereocenters. The van der Waals surface area contributed by atoms with Crippen LogP contribution in [0, 0.1) is 0 Å². The third-order valence-corrected chi connectivity index (χ3v) is 2.38. The minimum Gasteiger partial charge on any atom is -0.467 e. The van der Waals surface area contributed by atoms with Crippen LogP contribution in [0.5, 0.6) is 0 Å². The Hall–Kier alpha value is -1.84. The molecule has 4 nitrogen and oxygen atoms in total. The van der Waals surface area contributed by atoms with Gasteiger partial charge in [-0.2, -0.15) is 0 Å². The molecule has 1 rings (SSSR count). The molecule has 0 radical (unpaired) electrons. The van der Waals surface area contributed by atoms with Crippen molar-refractivity contribution in [2.75, 3.05) is 7.11 Å². The maximum atomic E-state index is 11.3. The van der Waals surface area contributed by atoms with Crippen LogP contribution < -0.4 is 0 Å². The first-order valence-electron chi connectivity index (χ1n) is 5.02. The second kappa shape index (κ2) is 5.90. The average molecular weight is 221 g/mol. The van der Waals surface area contributed by atoms with E-state index in [1.165, 1.54) is 12.0 Å². The molecule has 16 heavy (non-hydrogen) atoms. The van der Waals surface area contributed by atoms with Crippen LogP contribution in [0.3, 0.4) is 0 Å². The lowest BCUT2D eigenvalue weighted by atomic mass is 10.2. The molecule has 0 aromatic heterocycles. The largest absolute Gasteiger partial charge is 0.467 e. The SMILES string of the molecule is COC(=O)C(C)N(C=O)Cc1ccccc1. The van der Waals surface area contributed by atoms with Gasteiger partial charge >= 0.3 is 5.97 Å². The lowest BCUT2D eigenvalue weighted by Crippen LogP contribution is -2.38.